The maximum absolute atomic E-state index is 11.9. The van der Waals surface area contributed by atoms with Gasteiger partial charge in [-0.15, -0.1) is 0 Å². The summed E-state index contributed by atoms with van der Waals surface area (Å²) in [5.74, 6) is 0.738. The van der Waals surface area contributed by atoms with E-state index in [0.29, 0.717) is 17.9 Å². The van der Waals surface area contributed by atoms with Gasteiger partial charge < -0.3 is 14.4 Å². The minimum Gasteiger partial charge on any atom is -0.482 e. The molecule has 0 unspecified atom stereocenters. The van der Waals surface area contributed by atoms with Crippen LogP contribution in [-0.2, 0) is 9.59 Å². The molecule has 2 aromatic carbocycles. The second-order valence-corrected chi connectivity index (χ2v) is 6.15. The Morgan fingerprint density at radius 1 is 1.04 bits per heavy atom. The monoisotopic (exact) mass is 339 g/mol. The van der Waals surface area contributed by atoms with E-state index in [0.717, 1.165) is 24.2 Å². The number of hydrogen-bond donors (Lipinski definition) is 0. The summed E-state index contributed by atoms with van der Waals surface area (Å²) >= 11 is 0. The van der Waals surface area contributed by atoms with Crippen LogP contribution in [0.4, 0.5) is 5.69 Å². The molecule has 0 saturated carbocycles. The van der Waals surface area contributed by atoms with Crippen molar-refractivity contribution in [2.45, 2.75) is 26.7 Å². The Labute approximate surface area is 147 Å². The molecular formula is C20H21NO4. The summed E-state index contributed by atoms with van der Waals surface area (Å²) in [6, 6.07) is 12.6. The molecular weight excluding hydrogens is 318 g/mol. The van der Waals surface area contributed by atoms with Crippen molar-refractivity contribution in [3.05, 3.63) is 53.6 Å². The van der Waals surface area contributed by atoms with E-state index >= 15 is 0 Å². The summed E-state index contributed by atoms with van der Waals surface area (Å²) in [4.78, 5) is 25.4. The molecule has 0 spiro atoms. The summed E-state index contributed by atoms with van der Waals surface area (Å²) in [5, 5.41) is 0. The van der Waals surface area contributed by atoms with Crippen molar-refractivity contribution in [3.63, 3.8) is 0 Å². The largest absolute Gasteiger partial charge is 0.482 e. The van der Waals surface area contributed by atoms with Crippen LogP contribution in [0.5, 0.6) is 11.5 Å². The first-order valence-electron chi connectivity index (χ1n) is 8.34. The topological polar surface area (TPSA) is 55.8 Å². The molecule has 0 N–H and O–H groups in total. The molecule has 1 fully saturated rings. The molecule has 0 atom stereocenters. The lowest BCUT2D eigenvalue weighted by molar-refractivity contribution is -0.136. The normalized spacial score (nSPS) is 13.8. The van der Waals surface area contributed by atoms with Crippen LogP contribution >= 0.6 is 0 Å². The standard InChI is InChI=1S/C20H21NO4/c1-14-5-8-18(12-15(14)2)24-13-20(23)25-17-9-6-16(7-10-17)21-11-3-4-19(21)22/h5-10,12H,3-4,11,13H2,1-2H3. The van der Waals surface area contributed by atoms with E-state index in [9.17, 15) is 9.59 Å². The molecule has 1 aliphatic heterocycles. The molecule has 1 heterocycles. The fraction of sp³-hybridized carbons (Fsp3) is 0.300. The Balaban J connectivity index is 1.54. The first-order valence-corrected chi connectivity index (χ1v) is 8.34. The van der Waals surface area contributed by atoms with Gasteiger partial charge in [0, 0.05) is 18.7 Å². The highest BCUT2D eigenvalue weighted by Crippen LogP contribution is 2.24. The van der Waals surface area contributed by atoms with Gasteiger partial charge in [-0.3, -0.25) is 4.79 Å². The SMILES string of the molecule is Cc1ccc(OCC(=O)Oc2ccc(N3CCCC3=O)cc2)cc1C. The van der Waals surface area contributed by atoms with Crippen LogP contribution in [0, 0.1) is 13.8 Å². The van der Waals surface area contributed by atoms with E-state index in [1.807, 2.05) is 32.0 Å². The van der Waals surface area contributed by atoms with E-state index in [1.54, 1.807) is 29.2 Å². The molecule has 1 aliphatic rings. The minimum atomic E-state index is -0.469. The van der Waals surface area contributed by atoms with E-state index < -0.39 is 5.97 Å². The molecule has 5 nitrogen and oxygen atoms in total. The van der Waals surface area contributed by atoms with Crippen LogP contribution in [0.25, 0.3) is 0 Å². The zero-order valence-corrected chi connectivity index (χ0v) is 14.5. The first kappa shape index (κ1) is 17.0. The van der Waals surface area contributed by atoms with Crippen molar-refractivity contribution in [3.8, 4) is 11.5 Å². The highest BCUT2D eigenvalue weighted by atomic mass is 16.6. The van der Waals surface area contributed by atoms with Gasteiger partial charge in [-0.25, -0.2) is 4.79 Å². The van der Waals surface area contributed by atoms with Gasteiger partial charge in [-0.05, 0) is 67.8 Å². The van der Waals surface area contributed by atoms with Gasteiger partial charge in [-0.2, -0.15) is 0 Å². The number of carbonyl (C=O) groups is 2. The van der Waals surface area contributed by atoms with E-state index in [2.05, 4.69) is 0 Å². The number of carbonyl (C=O) groups excluding carboxylic acids is 2. The number of benzene rings is 2. The molecule has 2 aromatic rings. The molecule has 1 saturated heterocycles. The Morgan fingerprint density at radius 2 is 1.76 bits per heavy atom. The Morgan fingerprint density at radius 3 is 2.40 bits per heavy atom. The van der Waals surface area contributed by atoms with Crippen LogP contribution < -0.4 is 14.4 Å². The summed E-state index contributed by atoms with van der Waals surface area (Å²) in [6.45, 7) is 4.59. The fourth-order valence-electron chi connectivity index (χ4n) is 2.72. The van der Waals surface area contributed by atoms with Crippen LogP contribution in [-0.4, -0.2) is 25.0 Å². The number of hydrogen-bond acceptors (Lipinski definition) is 4. The van der Waals surface area contributed by atoms with Gasteiger partial charge in [0.05, 0.1) is 0 Å². The third-order valence-corrected chi connectivity index (χ3v) is 4.29. The lowest BCUT2D eigenvalue weighted by Crippen LogP contribution is -2.23. The number of amides is 1. The predicted octanol–water partition coefficient (Wildman–Crippen LogP) is 3.41. The van der Waals surface area contributed by atoms with Crippen molar-refractivity contribution < 1.29 is 19.1 Å². The quantitative estimate of drug-likeness (QED) is 0.619. The van der Waals surface area contributed by atoms with Crippen molar-refractivity contribution in [1.29, 1.82) is 0 Å². The Kier molecular flexibility index (Phi) is 5.03. The number of ether oxygens (including phenoxy) is 2. The maximum atomic E-state index is 11.9. The first-order chi connectivity index (χ1) is 12.0. The molecule has 3 rings (SSSR count). The summed E-state index contributed by atoms with van der Waals surface area (Å²) in [7, 11) is 0. The average Bonchev–Trinajstić information content (AvgIpc) is 3.03. The van der Waals surface area contributed by atoms with Crippen molar-refractivity contribution in [2.75, 3.05) is 18.1 Å². The molecule has 0 aromatic heterocycles. The lowest BCUT2D eigenvalue weighted by Gasteiger charge is -2.15. The summed E-state index contributed by atoms with van der Waals surface area (Å²) in [5.41, 5.74) is 3.11. The minimum absolute atomic E-state index is 0.131. The van der Waals surface area contributed by atoms with Crippen LogP contribution in [0.3, 0.4) is 0 Å². The third kappa shape index (κ3) is 4.18. The molecule has 130 valence electrons. The lowest BCUT2D eigenvalue weighted by atomic mass is 10.1. The average molecular weight is 339 g/mol. The molecule has 5 heteroatoms. The highest BCUT2D eigenvalue weighted by Gasteiger charge is 2.21. The van der Waals surface area contributed by atoms with Crippen LogP contribution in [0.1, 0.15) is 24.0 Å². The second kappa shape index (κ2) is 7.38. The van der Waals surface area contributed by atoms with Gasteiger partial charge in [0.2, 0.25) is 5.91 Å². The van der Waals surface area contributed by atoms with Gasteiger partial charge in [0.15, 0.2) is 6.61 Å². The van der Waals surface area contributed by atoms with Gasteiger partial charge in [0.25, 0.3) is 0 Å². The molecule has 0 bridgehead atoms. The van der Waals surface area contributed by atoms with E-state index in [1.165, 1.54) is 5.56 Å². The Hall–Kier alpha value is -2.82. The summed E-state index contributed by atoms with van der Waals surface area (Å²) < 4.78 is 10.7. The Bertz CT molecular complexity index is 783. The zero-order chi connectivity index (χ0) is 17.8. The smallest absolute Gasteiger partial charge is 0.349 e. The van der Waals surface area contributed by atoms with Crippen LogP contribution in [0.15, 0.2) is 42.5 Å². The van der Waals surface area contributed by atoms with E-state index in [-0.39, 0.29) is 12.5 Å². The number of rotatable bonds is 5. The fourth-order valence-corrected chi connectivity index (χ4v) is 2.72. The highest BCUT2D eigenvalue weighted by molar-refractivity contribution is 5.95. The number of anilines is 1. The van der Waals surface area contributed by atoms with Gasteiger partial charge in [-0.1, -0.05) is 6.07 Å². The maximum Gasteiger partial charge on any atom is 0.349 e. The summed E-state index contributed by atoms with van der Waals surface area (Å²) in [6.07, 6.45) is 1.47. The van der Waals surface area contributed by atoms with Crippen molar-refractivity contribution in [1.82, 2.24) is 0 Å². The number of nitrogens with zero attached hydrogens (tertiary/aromatic N) is 1. The predicted molar refractivity (Wildman–Crippen MR) is 95.1 cm³/mol. The van der Waals surface area contributed by atoms with Crippen LogP contribution in [0.2, 0.25) is 0 Å². The zero-order valence-electron chi connectivity index (χ0n) is 14.5. The second-order valence-electron chi connectivity index (χ2n) is 6.15. The molecule has 25 heavy (non-hydrogen) atoms. The van der Waals surface area contributed by atoms with Gasteiger partial charge >= 0.3 is 5.97 Å². The van der Waals surface area contributed by atoms with Gasteiger partial charge in [0.1, 0.15) is 11.5 Å². The van der Waals surface area contributed by atoms with E-state index in [4.69, 9.17) is 9.47 Å². The molecule has 0 aliphatic carbocycles. The third-order valence-electron chi connectivity index (χ3n) is 4.29. The number of esters is 1. The van der Waals surface area contributed by atoms with Crippen molar-refractivity contribution in [2.24, 2.45) is 0 Å². The van der Waals surface area contributed by atoms with Crippen molar-refractivity contribution >= 4 is 17.6 Å². The number of aryl methyl sites for hydroxylation is 2. The molecule has 0 radical (unpaired) electrons. The molecule has 1 amide bonds.